The van der Waals surface area contributed by atoms with Crippen LogP contribution in [0.1, 0.15) is 6.42 Å². The zero-order valence-corrected chi connectivity index (χ0v) is 10.4. The second-order valence-corrected chi connectivity index (χ2v) is 4.07. The zero-order chi connectivity index (χ0) is 13.5. The van der Waals surface area contributed by atoms with Gasteiger partial charge in [0.1, 0.15) is 5.82 Å². The van der Waals surface area contributed by atoms with Crippen molar-refractivity contribution in [2.24, 2.45) is 0 Å². The van der Waals surface area contributed by atoms with Crippen molar-refractivity contribution in [1.82, 2.24) is 0 Å². The number of hydrogen-bond donors (Lipinski definition) is 1. The Kier molecular flexibility index (Phi) is 4.72. The molecule has 0 atom stereocenters. The number of anilines is 1. The first-order valence-corrected chi connectivity index (χ1v) is 6.12. The highest BCUT2D eigenvalue weighted by atomic mass is 19.1. The van der Waals surface area contributed by atoms with E-state index in [4.69, 9.17) is 4.74 Å². The van der Waals surface area contributed by atoms with Crippen molar-refractivity contribution < 1.29 is 13.5 Å². The fourth-order valence-corrected chi connectivity index (χ4v) is 1.63. The molecule has 2 rings (SSSR count). The molecule has 100 valence electrons. The third kappa shape index (κ3) is 4.25. The maximum Gasteiger partial charge on any atom is 0.165 e. The van der Waals surface area contributed by atoms with Crippen LogP contribution in [-0.2, 0) is 0 Å². The minimum atomic E-state index is -0.544. The summed E-state index contributed by atoms with van der Waals surface area (Å²) < 4.78 is 31.3. The molecule has 1 N–H and O–H groups in total. The first-order chi connectivity index (χ1) is 9.25. The maximum atomic E-state index is 13.2. The van der Waals surface area contributed by atoms with Crippen molar-refractivity contribution in [2.45, 2.75) is 6.42 Å². The summed E-state index contributed by atoms with van der Waals surface area (Å²) in [7, 11) is 0. The molecule has 0 aliphatic rings. The number of halogens is 2. The van der Waals surface area contributed by atoms with Gasteiger partial charge < -0.3 is 10.1 Å². The molecule has 2 aromatic carbocycles. The van der Waals surface area contributed by atoms with E-state index in [0.717, 1.165) is 23.9 Å². The lowest BCUT2D eigenvalue weighted by Gasteiger charge is -2.08. The van der Waals surface area contributed by atoms with Crippen LogP contribution in [0.3, 0.4) is 0 Å². The van der Waals surface area contributed by atoms with Gasteiger partial charge >= 0.3 is 0 Å². The van der Waals surface area contributed by atoms with Gasteiger partial charge in [0.05, 0.1) is 6.61 Å². The predicted octanol–water partition coefficient (Wildman–Crippen LogP) is 3.85. The lowest BCUT2D eigenvalue weighted by molar-refractivity contribution is 0.297. The van der Waals surface area contributed by atoms with Crippen LogP contribution >= 0.6 is 0 Å². The Hall–Kier alpha value is -2.10. The maximum absolute atomic E-state index is 13.2. The summed E-state index contributed by atoms with van der Waals surface area (Å²) >= 11 is 0. The van der Waals surface area contributed by atoms with E-state index >= 15 is 0 Å². The van der Waals surface area contributed by atoms with E-state index in [1.807, 2.05) is 30.3 Å². The summed E-state index contributed by atoms with van der Waals surface area (Å²) in [5.41, 5.74) is 1.03. The smallest absolute Gasteiger partial charge is 0.165 e. The van der Waals surface area contributed by atoms with Crippen LogP contribution in [0.2, 0.25) is 0 Å². The standard InChI is InChI=1S/C15H15F2NO/c16-12-7-8-14(17)15(11-12)19-10-4-9-18-13-5-2-1-3-6-13/h1-3,5-8,11,18H,4,9-10H2. The molecule has 0 fully saturated rings. The van der Waals surface area contributed by atoms with Crippen molar-refractivity contribution in [1.29, 1.82) is 0 Å². The molecule has 0 aliphatic carbocycles. The van der Waals surface area contributed by atoms with E-state index in [1.165, 1.54) is 0 Å². The molecule has 0 aliphatic heterocycles. The summed E-state index contributed by atoms with van der Waals surface area (Å²) in [6.07, 6.45) is 0.699. The van der Waals surface area contributed by atoms with E-state index in [0.29, 0.717) is 19.6 Å². The molecule has 19 heavy (non-hydrogen) atoms. The highest BCUT2D eigenvalue weighted by molar-refractivity contribution is 5.42. The second kappa shape index (κ2) is 6.73. The molecule has 0 aromatic heterocycles. The molecule has 4 heteroatoms. The quantitative estimate of drug-likeness (QED) is 0.799. The Labute approximate surface area is 111 Å². The molecule has 0 radical (unpaired) electrons. The minimum absolute atomic E-state index is 0.0419. The Balaban J connectivity index is 1.71. The average molecular weight is 263 g/mol. The lowest BCUT2D eigenvalue weighted by Crippen LogP contribution is -2.07. The van der Waals surface area contributed by atoms with Gasteiger partial charge in [0.2, 0.25) is 0 Å². The van der Waals surface area contributed by atoms with Gasteiger partial charge in [-0.3, -0.25) is 0 Å². The van der Waals surface area contributed by atoms with Gasteiger partial charge in [-0.25, -0.2) is 8.78 Å². The summed E-state index contributed by atoms with van der Waals surface area (Å²) in [5.74, 6) is -1.09. The average Bonchev–Trinajstić information content (AvgIpc) is 2.43. The fraction of sp³-hybridized carbons (Fsp3) is 0.200. The zero-order valence-electron chi connectivity index (χ0n) is 10.4. The third-order valence-electron chi connectivity index (χ3n) is 2.57. The van der Waals surface area contributed by atoms with Crippen molar-refractivity contribution in [3.63, 3.8) is 0 Å². The van der Waals surface area contributed by atoms with Crippen molar-refractivity contribution >= 4 is 5.69 Å². The number of para-hydroxylation sites is 1. The van der Waals surface area contributed by atoms with Crippen molar-refractivity contribution in [3.8, 4) is 5.75 Å². The van der Waals surface area contributed by atoms with Crippen LogP contribution in [0.15, 0.2) is 48.5 Å². The van der Waals surface area contributed by atoms with Crippen LogP contribution < -0.4 is 10.1 Å². The van der Waals surface area contributed by atoms with Crippen LogP contribution in [-0.4, -0.2) is 13.2 Å². The van der Waals surface area contributed by atoms with E-state index in [-0.39, 0.29) is 5.75 Å². The van der Waals surface area contributed by atoms with Gasteiger partial charge in [-0.2, -0.15) is 0 Å². The number of benzene rings is 2. The van der Waals surface area contributed by atoms with Gasteiger partial charge in [-0.15, -0.1) is 0 Å². The molecule has 2 aromatic rings. The molecular weight excluding hydrogens is 248 g/mol. The fourth-order valence-electron chi connectivity index (χ4n) is 1.63. The van der Waals surface area contributed by atoms with Gasteiger partial charge in [0.15, 0.2) is 11.6 Å². The normalized spacial score (nSPS) is 10.2. The third-order valence-corrected chi connectivity index (χ3v) is 2.57. The van der Waals surface area contributed by atoms with Crippen LogP contribution in [0.5, 0.6) is 5.75 Å². The molecule has 0 spiro atoms. The number of ether oxygens (including phenoxy) is 1. The van der Waals surface area contributed by atoms with Crippen molar-refractivity contribution in [2.75, 3.05) is 18.5 Å². The van der Waals surface area contributed by atoms with E-state index in [1.54, 1.807) is 0 Å². The van der Waals surface area contributed by atoms with Gasteiger partial charge in [-0.05, 0) is 30.7 Å². The Bertz CT molecular complexity index is 517. The van der Waals surface area contributed by atoms with Gasteiger partial charge in [0.25, 0.3) is 0 Å². The van der Waals surface area contributed by atoms with E-state index in [9.17, 15) is 8.78 Å². The topological polar surface area (TPSA) is 21.3 Å². The highest BCUT2D eigenvalue weighted by Crippen LogP contribution is 2.18. The van der Waals surface area contributed by atoms with Crippen LogP contribution in [0, 0.1) is 11.6 Å². The number of nitrogens with one attached hydrogen (secondary N) is 1. The Morgan fingerprint density at radius 3 is 2.58 bits per heavy atom. The number of rotatable bonds is 6. The van der Waals surface area contributed by atoms with Gasteiger partial charge in [-0.1, -0.05) is 18.2 Å². The Morgan fingerprint density at radius 2 is 1.79 bits per heavy atom. The molecule has 0 heterocycles. The highest BCUT2D eigenvalue weighted by Gasteiger charge is 2.04. The first kappa shape index (κ1) is 13.3. The lowest BCUT2D eigenvalue weighted by atomic mass is 10.3. The minimum Gasteiger partial charge on any atom is -0.490 e. The summed E-state index contributed by atoms with van der Waals surface area (Å²) in [4.78, 5) is 0. The molecule has 0 saturated heterocycles. The van der Waals surface area contributed by atoms with Crippen LogP contribution in [0.4, 0.5) is 14.5 Å². The predicted molar refractivity (Wildman–Crippen MR) is 71.4 cm³/mol. The summed E-state index contributed by atoms with van der Waals surface area (Å²) in [6.45, 7) is 1.04. The Morgan fingerprint density at radius 1 is 1.00 bits per heavy atom. The molecule has 0 saturated carbocycles. The first-order valence-electron chi connectivity index (χ1n) is 6.12. The van der Waals surface area contributed by atoms with E-state index in [2.05, 4.69) is 5.32 Å². The second-order valence-electron chi connectivity index (χ2n) is 4.07. The number of hydrogen-bond acceptors (Lipinski definition) is 2. The summed E-state index contributed by atoms with van der Waals surface area (Å²) in [5, 5.41) is 3.21. The van der Waals surface area contributed by atoms with Crippen molar-refractivity contribution in [3.05, 3.63) is 60.2 Å². The SMILES string of the molecule is Fc1ccc(F)c(OCCCNc2ccccc2)c1. The van der Waals surface area contributed by atoms with E-state index < -0.39 is 11.6 Å². The van der Waals surface area contributed by atoms with Crippen LogP contribution in [0.25, 0.3) is 0 Å². The molecule has 0 bridgehead atoms. The monoisotopic (exact) mass is 263 g/mol. The molecular formula is C15H15F2NO. The largest absolute Gasteiger partial charge is 0.490 e. The molecule has 2 nitrogen and oxygen atoms in total. The molecule has 0 unspecified atom stereocenters. The molecule has 0 amide bonds. The summed E-state index contributed by atoms with van der Waals surface area (Å²) in [6, 6.07) is 13.0. The van der Waals surface area contributed by atoms with Gasteiger partial charge in [0, 0.05) is 18.3 Å².